The lowest BCUT2D eigenvalue weighted by Crippen LogP contribution is -2.42. The van der Waals surface area contributed by atoms with E-state index < -0.39 is 0 Å². The minimum atomic E-state index is -0.0721. The van der Waals surface area contributed by atoms with Crippen LogP contribution >= 0.6 is 23.7 Å². The van der Waals surface area contributed by atoms with Crippen molar-refractivity contribution in [1.29, 1.82) is 0 Å². The van der Waals surface area contributed by atoms with Gasteiger partial charge in [0.15, 0.2) is 0 Å². The number of carbonyl (C=O) groups excluding carboxylic acids is 2. The average molecular weight is 408 g/mol. The van der Waals surface area contributed by atoms with E-state index in [2.05, 4.69) is 5.32 Å². The van der Waals surface area contributed by atoms with E-state index in [1.807, 2.05) is 47.5 Å². The minimum absolute atomic E-state index is 0. The van der Waals surface area contributed by atoms with Crippen molar-refractivity contribution in [3.8, 4) is 0 Å². The van der Waals surface area contributed by atoms with Crippen molar-refractivity contribution < 1.29 is 9.59 Å². The van der Waals surface area contributed by atoms with Gasteiger partial charge in [0.1, 0.15) is 0 Å². The van der Waals surface area contributed by atoms with Gasteiger partial charge in [-0.05, 0) is 54.8 Å². The van der Waals surface area contributed by atoms with Crippen molar-refractivity contribution in [2.75, 3.05) is 13.1 Å². The number of hydrogen-bond acceptors (Lipinski definition) is 4. The highest BCUT2D eigenvalue weighted by Gasteiger charge is 2.25. The molecule has 1 unspecified atom stereocenters. The van der Waals surface area contributed by atoms with Gasteiger partial charge in [-0.25, -0.2) is 0 Å². The molecule has 1 atom stereocenters. The van der Waals surface area contributed by atoms with Gasteiger partial charge < -0.3 is 16.0 Å². The van der Waals surface area contributed by atoms with E-state index in [4.69, 9.17) is 5.73 Å². The summed E-state index contributed by atoms with van der Waals surface area (Å²) in [5.74, 6) is 0.507. The first kappa shape index (κ1) is 21.4. The van der Waals surface area contributed by atoms with E-state index in [9.17, 15) is 9.59 Å². The average Bonchev–Trinajstić information content (AvgIpc) is 3.21. The van der Waals surface area contributed by atoms with Crippen LogP contribution in [-0.2, 0) is 6.54 Å². The van der Waals surface area contributed by atoms with Crippen molar-refractivity contribution in [3.63, 3.8) is 0 Å². The molecule has 2 heterocycles. The molecular formula is C20H26ClN3O2S. The Morgan fingerprint density at radius 3 is 2.44 bits per heavy atom. The van der Waals surface area contributed by atoms with Crippen LogP contribution in [0.4, 0.5) is 0 Å². The molecule has 3 N–H and O–H groups in total. The van der Waals surface area contributed by atoms with Crippen LogP contribution in [0.3, 0.4) is 0 Å². The lowest BCUT2D eigenvalue weighted by molar-refractivity contribution is 0.0680. The third kappa shape index (κ3) is 5.54. The summed E-state index contributed by atoms with van der Waals surface area (Å²) in [6, 6.07) is 11.3. The zero-order valence-electron chi connectivity index (χ0n) is 15.4. The second-order valence-corrected chi connectivity index (χ2v) is 7.79. The molecule has 7 heteroatoms. The topological polar surface area (TPSA) is 75.4 Å². The molecule has 5 nitrogen and oxygen atoms in total. The molecule has 1 aromatic carbocycles. The molecule has 0 bridgehead atoms. The first-order valence-corrected chi connectivity index (χ1v) is 9.88. The number of likely N-dealkylation sites (tertiary alicyclic amines) is 1. The fourth-order valence-corrected chi connectivity index (χ4v) is 3.89. The van der Waals surface area contributed by atoms with Crippen molar-refractivity contribution in [1.82, 2.24) is 10.2 Å². The molecule has 0 spiro atoms. The number of hydrogen-bond donors (Lipinski definition) is 2. The van der Waals surface area contributed by atoms with Gasteiger partial charge in [0, 0.05) is 31.2 Å². The predicted molar refractivity (Wildman–Crippen MR) is 111 cm³/mol. The Labute approximate surface area is 170 Å². The molecule has 1 saturated heterocycles. The normalized spacial score (nSPS) is 15.7. The highest BCUT2D eigenvalue weighted by atomic mass is 35.5. The summed E-state index contributed by atoms with van der Waals surface area (Å²) in [7, 11) is 0. The van der Waals surface area contributed by atoms with Crippen LogP contribution in [0.5, 0.6) is 0 Å². The summed E-state index contributed by atoms with van der Waals surface area (Å²) >= 11 is 1.42. The van der Waals surface area contributed by atoms with E-state index in [0.29, 0.717) is 22.9 Å². The Hall–Kier alpha value is -1.89. The van der Waals surface area contributed by atoms with Gasteiger partial charge in [0.05, 0.1) is 4.88 Å². The van der Waals surface area contributed by atoms with Crippen molar-refractivity contribution >= 4 is 35.6 Å². The number of amides is 2. The zero-order valence-corrected chi connectivity index (χ0v) is 17.0. The smallest absolute Gasteiger partial charge is 0.261 e. The Morgan fingerprint density at radius 2 is 1.89 bits per heavy atom. The number of nitrogens with one attached hydrogen (secondary N) is 1. The Balaban J connectivity index is 0.00000261. The Morgan fingerprint density at radius 1 is 1.22 bits per heavy atom. The van der Waals surface area contributed by atoms with Gasteiger partial charge in [0.25, 0.3) is 11.8 Å². The monoisotopic (exact) mass is 407 g/mol. The zero-order chi connectivity index (χ0) is 18.5. The molecule has 2 aromatic rings. The minimum Gasteiger partial charge on any atom is -0.347 e. The maximum Gasteiger partial charge on any atom is 0.261 e. The number of halogens is 1. The third-order valence-electron chi connectivity index (χ3n) is 4.97. The maximum atomic E-state index is 12.6. The Kier molecular flexibility index (Phi) is 7.83. The summed E-state index contributed by atoms with van der Waals surface area (Å²) in [5, 5.41) is 4.77. The first-order chi connectivity index (χ1) is 12.5. The number of rotatable bonds is 5. The lowest BCUT2D eigenvalue weighted by Gasteiger charge is -2.33. The van der Waals surface area contributed by atoms with Crippen LogP contribution in [-0.4, -0.2) is 35.8 Å². The molecular weight excluding hydrogens is 382 g/mol. The quantitative estimate of drug-likeness (QED) is 0.798. The number of nitrogens with zero attached hydrogens (tertiary/aromatic N) is 1. The first-order valence-electron chi connectivity index (χ1n) is 9.00. The molecule has 0 radical (unpaired) electrons. The van der Waals surface area contributed by atoms with Gasteiger partial charge in [-0.15, -0.1) is 23.7 Å². The Bertz CT molecular complexity index is 739. The molecule has 3 rings (SSSR count). The molecule has 0 aliphatic carbocycles. The van der Waals surface area contributed by atoms with E-state index in [1.54, 1.807) is 6.07 Å². The molecule has 2 amide bonds. The van der Waals surface area contributed by atoms with Crippen LogP contribution in [0.15, 0.2) is 41.8 Å². The summed E-state index contributed by atoms with van der Waals surface area (Å²) in [6.07, 6.45) is 1.94. The van der Waals surface area contributed by atoms with Gasteiger partial charge in [0.2, 0.25) is 0 Å². The number of benzene rings is 1. The molecule has 27 heavy (non-hydrogen) atoms. The molecule has 1 aliphatic heterocycles. The lowest BCUT2D eigenvalue weighted by atomic mass is 9.90. The van der Waals surface area contributed by atoms with Gasteiger partial charge in [-0.1, -0.05) is 18.2 Å². The summed E-state index contributed by atoms with van der Waals surface area (Å²) < 4.78 is 0. The number of carbonyl (C=O) groups is 2. The summed E-state index contributed by atoms with van der Waals surface area (Å²) in [5.41, 5.74) is 7.63. The molecule has 0 saturated carbocycles. The number of nitrogens with two attached hydrogens (primary N) is 1. The fourth-order valence-electron chi connectivity index (χ4n) is 3.25. The van der Waals surface area contributed by atoms with Gasteiger partial charge >= 0.3 is 0 Å². The van der Waals surface area contributed by atoms with E-state index in [0.717, 1.165) is 31.5 Å². The van der Waals surface area contributed by atoms with Crippen molar-refractivity contribution in [2.45, 2.75) is 32.4 Å². The predicted octanol–water partition coefficient (Wildman–Crippen LogP) is 3.30. The molecule has 146 valence electrons. The van der Waals surface area contributed by atoms with Crippen LogP contribution in [0.1, 0.15) is 45.4 Å². The van der Waals surface area contributed by atoms with E-state index in [1.165, 1.54) is 11.3 Å². The number of piperidine rings is 1. The van der Waals surface area contributed by atoms with Crippen LogP contribution < -0.4 is 11.1 Å². The van der Waals surface area contributed by atoms with E-state index >= 15 is 0 Å². The summed E-state index contributed by atoms with van der Waals surface area (Å²) in [4.78, 5) is 27.2. The third-order valence-corrected chi connectivity index (χ3v) is 5.84. The fraction of sp³-hybridized carbons (Fsp3) is 0.400. The second kappa shape index (κ2) is 9.88. The largest absolute Gasteiger partial charge is 0.347 e. The second-order valence-electron chi connectivity index (χ2n) is 6.85. The molecule has 1 fully saturated rings. The maximum absolute atomic E-state index is 12.6. The molecule has 1 aliphatic rings. The van der Waals surface area contributed by atoms with Crippen LogP contribution in [0.2, 0.25) is 0 Å². The molecule has 1 aromatic heterocycles. The van der Waals surface area contributed by atoms with Crippen molar-refractivity contribution in [2.24, 2.45) is 11.7 Å². The summed E-state index contributed by atoms with van der Waals surface area (Å²) in [6.45, 7) is 4.02. The van der Waals surface area contributed by atoms with Crippen LogP contribution in [0.25, 0.3) is 0 Å². The van der Waals surface area contributed by atoms with Crippen molar-refractivity contribution in [3.05, 3.63) is 57.8 Å². The highest BCUT2D eigenvalue weighted by molar-refractivity contribution is 7.12. The van der Waals surface area contributed by atoms with Gasteiger partial charge in [-0.3, -0.25) is 9.59 Å². The van der Waals surface area contributed by atoms with E-state index in [-0.39, 0.29) is 30.3 Å². The standard InChI is InChI=1S/C20H25N3O2S.ClH/c1-14(21)16-8-10-23(11-9-16)20(25)17-6-4-15(5-7-17)13-22-19(24)18-3-2-12-26-18;/h2-7,12,14,16H,8-11,13,21H2,1H3,(H,22,24);1H. The van der Waals surface area contributed by atoms with Crippen LogP contribution in [0, 0.1) is 5.92 Å². The SMILES string of the molecule is CC(N)C1CCN(C(=O)c2ccc(CNC(=O)c3cccs3)cc2)CC1.Cl. The highest BCUT2D eigenvalue weighted by Crippen LogP contribution is 2.21. The number of thiophene rings is 1. The van der Waals surface area contributed by atoms with Gasteiger partial charge in [-0.2, -0.15) is 0 Å².